The SMILES string of the molecule is BrCCCCCc1ccc2ccc3ncccc3c2n1. The topological polar surface area (TPSA) is 25.8 Å². The van der Waals surface area contributed by atoms with E-state index in [4.69, 9.17) is 4.98 Å². The summed E-state index contributed by atoms with van der Waals surface area (Å²) in [7, 11) is 0. The van der Waals surface area contributed by atoms with Crippen LogP contribution in [-0.2, 0) is 6.42 Å². The van der Waals surface area contributed by atoms with Gasteiger partial charge in [-0.1, -0.05) is 34.5 Å². The molecule has 0 saturated heterocycles. The van der Waals surface area contributed by atoms with Gasteiger partial charge >= 0.3 is 0 Å². The molecule has 0 aliphatic heterocycles. The molecule has 3 heteroatoms. The Hall–Kier alpha value is -1.48. The number of nitrogens with zero attached hydrogens (tertiary/aromatic N) is 2. The third-order valence-corrected chi connectivity index (χ3v) is 4.13. The van der Waals surface area contributed by atoms with E-state index in [1.54, 1.807) is 0 Å². The zero-order valence-corrected chi connectivity index (χ0v) is 12.9. The molecule has 20 heavy (non-hydrogen) atoms. The fraction of sp³-hybridized carbons (Fsp3) is 0.294. The number of halogens is 1. The van der Waals surface area contributed by atoms with Crippen molar-refractivity contribution >= 4 is 37.7 Å². The molecule has 0 N–H and O–H groups in total. The summed E-state index contributed by atoms with van der Waals surface area (Å²) in [6.45, 7) is 0. The maximum absolute atomic E-state index is 4.85. The van der Waals surface area contributed by atoms with Gasteiger partial charge in [0.05, 0.1) is 11.0 Å². The number of aromatic nitrogens is 2. The molecule has 0 bridgehead atoms. The van der Waals surface area contributed by atoms with Crippen molar-refractivity contribution in [2.75, 3.05) is 5.33 Å². The van der Waals surface area contributed by atoms with Crippen LogP contribution in [0.25, 0.3) is 21.8 Å². The first-order valence-corrected chi connectivity index (χ1v) is 8.20. The first-order chi connectivity index (χ1) is 9.88. The number of pyridine rings is 2. The molecule has 0 aliphatic rings. The van der Waals surface area contributed by atoms with Gasteiger partial charge in [0.15, 0.2) is 0 Å². The maximum atomic E-state index is 4.85. The molecule has 0 amide bonds. The fourth-order valence-electron chi connectivity index (χ4n) is 2.50. The number of rotatable bonds is 5. The first-order valence-electron chi connectivity index (χ1n) is 7.08. The summed E-state index contributed by atoms with van der Waals surface area (Å²) in [5, 5.41) is 3.43. The third-order valence-electron chi connectivity index (χ3n) is 3.57. The highest BCUT2D eigenvalue weighted by molar-refractivity contribution is 9.09. The summed E-state index contributed by atoms with van der Waals surface area (Å²) < 4.78 is 0. The van der Waals surface area contributed by atoms with E-state index < -0.39 is 0 Å². The van der Waals surface area contributed by atoms with Gasteiger partial charge < -0.3 is 0 Å². The van der Waals surface area contributed by atoms with Gasteiger partial charge in [-0.3, -0.25) is 9.97 Å². The van der Waals surface area contributed by atoms with Crippen LogP contribution in [0.3, 0.4) is 0 Å². The molecule has 2 nitrogen and oxygen atoms in total. The van der Waals surface area contributed by atoms with Crippen molar-refractivity contribution in [3.05, 3.63) is 48.3 Å². The second-order valence-electron chi connectivity index (χ2n) is 5.01. The molecule has 3 rings (SSSR count). The van der Waals surface area contributed by atoms with Gasteiger partial charge in [0, 0.05) is 28.0 Å². The first kappa shape index (κ1) is 13.5. The number of unbranched alkanes of at least 4 members (excludes halogenated alkanes) is 2. The van der Waals surface area contributed by atoms with Gasteiger partial charge in [0.1, 0.15) is 0 Å². The van der Waals surface area contributed by atoms with Gasteiger partial charge in [-0.2, -0.15) is 0 Å². The smallest absolute Gasteiger partial charge is 0.0799 e. The number of benzene rings is 1. The molecule has 3 aromatic rings. The molecule has 0 fully saturated rings. The van der Waals surface area contributed by atoms with Crippen molar-refractivity contribution in [1.29, 1.82) is 0 Å². The second-order valence-corrected chi connectivity index (χ2v) is 5.80. The van der Waals surface area contributed by atoms with E-state index in [1.165, 1.54) is 30.3 Å². The molecule has 1 aromatic carbocycles. The highest BCUT2D eigenvalue weighted by Crippen LogP contribution is 2.22. The molecule has 2 aromatic heterocycles. The Kier molecular flexibility index (Phi) is 4.26. The number of fused-ring (bicyclic) bond motifs is 3. The predicted molar refractivity (Wildman–Crippen MR) is 88.4 cm³/mol. The maximum Gasteiger partial charge on any atom is 0.0799 e. The van der Waals surface area contributed by atoms with Crippen LogP contribution < -0.4 is 0 Å². The number of aryl methyl sites for hydroxylation is 1. The van der Waals surface area contributed by atoms with Crippen LogP contribution in [0, 0.1) is 0 Å². The van der Waals surface area contributed by atoms with Crippen molar-refractivity contribution in [1.82, 2.24) is 9.97 Å². The third kappa shape index (κ3) is 2.83. The molecule has 0 radical (unpaired) electrons. The molecule has 102 valence electrons. The number of hydrogen-bond acceptors (Lipinski definition) is 2. The van der Waals surface area contributed by atoms with Crippen LogP contribution in [-0.4, -0.2) is 15.3 Å². The Labute approximate surface area is 127 Å². The Morgan fingerprint density at radius 3 is 2.75 bits per heavy atom. The summed E-state index contributed by atoms with van der Waals surface area (Å²) in [5.74, 6) is 0. The molecule has 0 unspecified atom stereocenters. The van der Waals surface area contributed by atoms with Crippen LogP contribution in [0.1, 0.15) is 25.0 Å². The highest BCUT2D eigenvalue weighted by Gasteiger charge is 2.04. The van der Waals surface area contributed by atoms with E-state index in [-0.39, 0.29) is 0 Å². The van der Waals surface area contributed by atoms with E-state index in [2.05, 4.69) is 51.2 Å². The standard InChI is InChI=1S/C17H17BrN2/c18-11-3-1-2-5-14-9-7-13-8-10-16-15(17(13)20-14)6-4-12-19-16/h4,6-10,12H,1-3,5,11H2. The van der Waals surface area contributed by atoms with Gasteiger partial charge in [-0.05, 0) is 43.5 Å². The minimum Gasteiger partial charge on any atom is -0.256 e. The summed E-state index contributed by atoms with van der Waals surface area (Å²) >= 11 is 3.47. The van der Waals surface area contributed by atoms with E-state index in [1.807, 2.05) is 12.3 Å². The lowest BCUT2D eigenvalue weighted by molar-refractivity contribution is 0.715. The molecular formula is C17H17BrN2. The van der Waals surface area contributed by atoms with Crippen LogP contribution >= 0.6 is 15.9 Å². The normalized spacial score (nSPS) is 11.2. The van der Waals surface area contributed by atoms with E-state index in [0.717, 1.165) is 28.2 Å². The molecule has 2 heterocycles. The summed E-state index contributed by atoms with van der Waals surface area (Å²) in [4.78, 5) is 9.25. The zero-order chi connectivity index (χ0) is 13.8. The van der Waals surface area contributed by atoms with Crippen LogP contribution in [0.4, 0.5) is 0 Å². The number of alkyl halides is 1. The van der Waals surface area contributed by atoms with Crippen LogP contribution in [0.2, 0.25) is 0 Å². The van der Waals surface area contributed by atoms with Crippen LogP contribution in [0.5, 0.6) is 0 Å². The summed E-state index contributed by atoms with van der Waals surface area (Å²) in [6, 6.07) is 12.6. The Morgan fingerprint density at radius 2 is 1.85 bits per heavy atom. The van der Waals surface area contributed by atoms with Crippen molar-refractivity contribution in [3.8, 4) is 0 Å². The predicted octanol–water partition coefficient (Wildman–Crippen LogP) is 4.89. The van der Waals surface area contributed by atoms with E-state index in [9.17, 15) is 0 Å². The minimum atomic E-state index is 1.02. The minimum absolute atomic E-state index is 1.02. The average molecular weight is 329 g/mol. The molecular weight excluding hydrogens is 312 g/mol. The summed E-state index contributed by atoms with van der Waals surface area (Å²) in [6.07, 6.45) is 6.58. The van der Waals surface area contributed by atoms with E-state index >= 15 is 0 Å². The molecule has 0 spiro atoms. The molecule has 0 aliphatic carbocycles. The lowest BCUT2D eigenvalue weighted by Gasteiger charge is -2.05. The average Bonchev–Trinajstić information content (AvgIpc) is 2.51. The van der Waals surface area contributed by atoms with Crippen molar-refractivity contribution in [3.63, 3.8) is 0 Å². The lowest BCUT2D eigenvalue weighted by Crippen LogP contribution is -1.92. The highest BCUT2D eigenvalue weighted by atomic mass is 79.9. The van der Waals surface area contributed by atoms with Gasteiger partial charge in [0.25, 0.3) is 0 Å². The van der Waals surface area contributed by atoms with Crippen molar-refractivity contribution < 1.29 is 0 Å². The largest absolute Gasteiger partial charge is 0.256 e. The summed E-state index contributed by atoms with van der Waals surface area (Å²) in [5.41, 5.74) is 3.28. The van der Waals surface area contributed by atoms with Crippen molar-refractivity contribution in [2.24, 2.45) is 0 Å². The Bertz CT molecular complexity index is 724. The van der Waals surface area contributed by atoms with Gasteiger partial charge in [-0.15, -0.1) is 0 Å². The van der Waals surface area contributed by atoms with E-state index in [0.29, 0.717) is 0 Å². The monoisotopic (exact) mass is 328 g/mol. The Morgan fingerprint density at radius 1 is 0.950 bits per heavy atom. The van der Waals surface area contributed by atoms with Gasteiger partial charge in [-0.25, -0.2) is 0 Å². The lowest BCUT2D eigenvalue weighted by atomic mass is 10.1. The quantitative estimate of drug-likeness (QED) is 0.378. The van der Waals surface area contributed by atoms with Crippen molar-refractivity contribution in [2.45, 2.75) is 25.7 Å². The number of hydrogen-bond donors (Lipinski definition) is 0. The second kappa shape index (κ2) is 6.31. The van der Waals surface area contributed by atoms with Crippen LogP contribution in [0.15, 0.2) is 42.6 Å². The molecule has 0 saturated carbocycles. The molecule has 0 atom stereocenters. The Balaban J connectivity index is 1.94. The zero-order valence-electron chi connectivity index (χ0n) is 11.3. The van der Waals surface area contributed by atoms with Gasteiger partial charge in [0.2, 0.25) is 0 Å². The fourth-order valence-corrected chi connectivity index (χ4v) is 2.89.